The summed E-state index contributed by atoms with van der Waals surface area (Å²) in [6.45, 7) is 0. The molecule has 0 unspecified atom stereocenters. The largest absolute Gasteiger partial charge is 0.481 e. The van der Waals surface area contributed by atoms with Crippen molar-refractivity contribution in [3.63, 3.8) is 0 Å². The van der Waals surface area contributed by atoms with Gasteiger partial charge >= 0.3 is 5.97 Å². The van der Waals surface area contributed by atoms with Crippen LogP contribution in [0.15, 0.2) is 18.2 Å². The Bertz CT molecular complexity index is 641. The quantitative estimate of drug-likeness (QED) is 0.860. The first-order valence-electron chi connectivity index (χ1n) is 9.61. The number of carboxylic acids is 1. The maximum atomic E-state index is 12.6. The molecule has 1 aromatic rings. The van der Waals surface area contributed by atoms with Crippen molar-refractivity contribution in [2.24, 2.45) is 0 Å². The van der Waals surface area contributed by atoms with Crippen LogP contribution >= 0.6 is 0 Å². The Balaban J connectivity index is 1.81. The first-order valence-corrected chi connectivity index (χ1v) is 9.61. The van der Waals surface area contributed by atoms with Crippen LogP contribution < -0.4 is 0 Å². The average molecular weight is 344 g/mol. The van der Waals surface area contributed by atoms with Gasteiger partial charge in [-0.15, -0.1) is 0 Å². The van der Waals surface area contributed by atoms with Crippen molar-refractivity contribution >= 4 is 11.8 Å². The van der Waals surface area contributed by atoms with E-state index in [0.717, 1.165) is 5.56 Å². The number of carbonyl (C=O) groups excluding carboxylic acids is 1. The minimum absolute atomic E-state index is 0.194. The van der Waals surface area contributed by atoms with Crippen LogP contribution in [-0.2, 0) is 11.2 Å². The molecule has 3 rings (SSSR count). The van der Waals surface area contributed by atoms with Gasteiger partial charge in [-0.2, -0.15) is 0 Å². The van der Waals surface area contributed by atoms with Crippen molar-refractivity contribution in [1.82, 2.24) is 0 Å². The number of aliphatic carboxylic acids is 1. The molecule has 0 saturated heterocycles. The Kier molecular flexibility index (Phi) is 5.57. The lowest BCUT2D eigenvalue weighted by atomic mass is 9.76. The molecule has 1 aromatic carbocycles. The van der Waals surface area contributed by atoms with E-state index in [1.165, 1.54) is 56.9 Å². The summed E-state index contributed by atoms with van der Waals surface area (Å²) < 4.78 is 0. The SMILES string of the molecule is O=C(O)C[C@]1(O)CCc2cc(C3CCCCCCCC3)ccc2C1=O. The molecule has 0 aliphatic heterocycles. The molecular formula is C21H28O4. The van der Waals surface area contributed by atoms with Crippen molar-refractivity contribution in [2.45, 2.75) is 82.1 Å². The summed E-state index contributed by atoms with van der Waals surface area (Å²) in [5.41, 5.74) is 1.02. The minimum Gasteiger partial charge on any atom is -0.481 e. The van der Waals surface area contributed by atoms with Gasteiger partial charge in [0.25, 0.3) is 0 Å². The van der Waals surface area contributed by atoms with E-state index in [4.69, 9.17) is 5.11 Å². The van der Waals surface area contributed by atoms with Gasteiger partial charge in [0, 0.05) is 5.56 Å². The Morgan fingerprint density at radius 1 is 1.08 bits per heavy atom. The van der Waals surface area contributed by atoms with E-state index in [1.807, 2.05) is 12.1 Å². The monoisotopic (exact) mass is 344 g/mol. The van der Waals surface area contributed by atoms with E-state index in [2.05, 4.69) is 6.07 Å². The molecule has 1 saturated carbocycles. The Morgan fingerprint density at radius 3 is 2.36 bits per heavy atom. The van der Waals surface area contributed by atoms with Gasteiger partial charge in [0.2, 0.25) is 0 Å². The molecule has 0 aromatic heterocycles. The average Bonchev–Trinajstić information content (AvgIpc) is 2.71. The molecule has 0 spiro atoms. The van der Waals surface area contributed by atoms with E-state index < -0.39 is 23.8 Å². The summed E-state index contributed by atoms with van der Waals surface area (Å²) in [6.07, 6.45) is 10.5. The maximum Gasteiger partial charge on any atom is 0.306 e. The van der Waals surface area contributed by atoms with E-state index in [9.17, 15) is 14.7 Å². The zero-order chi connectivity index (χ0) is 17.9. The fourth-order valence-electron chi connectivity index (χ4n) is 4.39. The second-order valence-electron chi connectivity index (χ2n) is 7.74. The lowest BCUT2D eigenvalue weighted by molar-refractivity contribution is -0.141. The molecule has 4 heteroatoms. The maximum absolute atomic E-state index is 12.6. The number of ketones is 1. The fraction of sp³-hybridized carbons (Fsp3) is 0.619. The van der Waals surface area contributed by atoms with Crippen molar-refractivity contribution < 1.29 is 19.8 Å². The first-order chi connectivity index (χ1) is 12.0. The Morgan fingerprint density at radius 2 is 1.72 bits per heavy atom. The third kappa shape index (κ3) is 4.12. The highest BCUT2D eigenvalue weighted by molar-refractivity contribution is 6.06. The van der Waals surface area contributed by atoms with E-state index >= 15 is 0 Å². The Labute approximate surface area is 149 Å². The van der Waals surface area contributed by atoms with Crippen molar-refractivity contribution in [3.05, 3.63) is 34.9 Å². The number of aryl methyl sites for hydroxylation is 1. The number of Topliss-reactive ketones (excluding diaryl/α,β-unsaturated/α-hetero) is 1. The van der Waals surface area contributed by atoms with E-state index in [0.29, 0.717) is 17.9 Å². The van der Waals surface area contributed by atoms with Crippen LogP contribution in [0.1, 0.15) is 91.6 Å². The lowest BCUT2D eigenvalue weighted by Gasteiger charge is -2.31. The molecule has 0 radical (unpaired) electrons. The number of carbonyl (C=O) groups is 2. The molecule has 0 heterocycles. The number of aliphatic hydroxyl groups is 1. The predicted molar refractivity (Wildman–Crippen MR) is 96.0 cm³/mol. The van der Waals surface area contributed by atoms with Gasteiger partial charge in [0.1, 0.15) is 5.60 Å². The van der Waals surface area contributed by atoms with Crippen LogP contribution in [0.5, 0.6) is 0 Å². The molecule has 1 fully saturated rings. The van der Waals surface area contributed by atoms with Gasteiger partial charge in [-0.3, -0.25) is 9.59 Å². The van der Waals surface area contributed by atoms with Crippen molar-refractivity contribution in [1.29, 1.82) is 0 Å². The van der Waals surface area contributed by atoms with Crippen LogP contribution in [0.25, 0.3) is 0 Å². The number of hydrogen-bond acceptors (Lipinski definition) is 3. The van der Waals surface area contributed by atoms with Crippen LogP contribution in [0.3, 0.4) is 0 Å². The highest BCUT2D eigenvalue weighted by Crippen LogP contribution is 2.36. The molecule has 2 aliphatic rings. The summed E-state index contributed by atoms with van der Waals surface area (Å²) in [7, 11) is 0. The number of carboxylic acid groups (broad SMARTS) is 1. The number of rotatable bonds is 3. The normalized spacial score (nSPS) is 25.6. The second-order valence-corrected chi connectivity index (χ2v) is 7.74. The topological polar surface area (TPSA) is 74.6 Å². The molecule has 136 valence electrons. The first kappa shape index (κ1) is 18.1. The highest BCUT2D eigenvalue weighted by atomic mass is 16.4. The zero-order valence-electron chi connectivity index (χ0n) is 14.8. The second kappa shape index (κ2) is 7.69. The van der Waals surface area contributed by atoms with Gasteiger partial charge in [-0.05, 0) is 42.7 Å². The molecule has 0 amide bonds. The molecule has 2 aliphatic carbocycles. The molecule has 0 bridgehead atoms. The smallest absolute Gasteiger partial charge is 0.306 e. The van der Waals surface area contributed by atoms with Crippen LogP contribution in [0.4, 0.5) is 0 Å². The van der Waals surface area contributed by atoms with Crippen LogP contribution in [-0.4, -0.2) is 27.6 Å². The van der Waals surface area contributed by atoms with E-state index in [1.54, 1.807) is 0 Å². The summed E-state index contributed by atoms with van der Waals surface area (Å²) in [6, 6.07) is 5.97. The van der Waals surface area contributed by atoms with Crippen LogP contribution in [0, 0.1) is 0 Å². The van der Waals surface area contributed by atoms with Crippen LogP contribution in [0.2, 0.25) is 0 Å². The number of benzene rings is 1. The number of fused-ring (bicyclic) bond motifs is 1. The van der Waals surface area contributed by atoms with Gasteiger partial charge < -0.3 is 10.2 Å². The molecule has 4 nitrogen and oxygen atoms in total. The molecular weight excluding hydrogens is 316 g/mol. The zero-order valence-corrected chi connectivity index (χ0v) is 14.8. The van der Waals surface area contributed by atoms with Crippen molar-refractivity contribution in [3.8, 4) is 0 Å². The minimum atomic E-state index is -1.75. The van der Waals surface area contributed by atoms with E-state index in [-0.39, 0.29) is 6.42 Å². The third-order valence-electron chi connectivity index (χ3n) is 5.87. The van der Waals surface area contributed by atoms with Crippen molar-refractivity contribution in [2.75, 3.05) is 0 Å². The summed E-state index contributed by atoms with van der Waals surface area (Å²) in [4.78, 5) is 23.6. The number of hydrogen-bond donors (Lipinski definition) is 2. The summed E-state index contributed by atoms with van der Waals surface area (Å²) in [5, 5.41) is 19.4. The molecule has 25 heavy (non-hydrogen) atoms. The molecule has 1 atom stereocenters. The lowest BCUT2D eigenvalue weighted by Crippen LogP contribution is -2.44. The van der Waals surface area contributed by atoms with Gasteiger partial charge in [-0.1, -0.05) is 56.7 Å². The summed E-state index contributed by atoms with van der Waals surface area (Å²) in [5.74, 6) is -1.02. The summed E-state index contributed by atoms with van der Waals surface area (Å²) >= 11 is 0. The molecule has 2 N–H and O–H groups in total. The third-order valence-corrected chi connectivity index (χ3v) is 5.87. The predicted octanol–water partition coefficient (Wildman–Crippen LogP) is 4.24. The highest BCUT2D eigenvalue weighted by Gasteiger charge is 2.42. The van der Waals surface area contributed by atoms with Gasteiger partial charge in [0.15, 0.2) is 5.78 Å². The standard InChI is InChI=1S/C21H28O4/c22-19(23)14-21(25)12-11-17-13-16(9-10-18(17)20(21)24)15-7-5-3-1-2-4-6-8-15/h9-10,13,15,25H,1-8,11-12,14H2,(H,22,23)/t21-/m1/s1. The van der Waals surface area contributed by atoms with Gasteiger partial charge in [0.05, 0.1) is 6.42 Å². The Hall–Kier alpha value is -1.68. The fourth-order valence-corrected chi connectivity index (χ4v) is 4.39. The van der Waals surface area contributed by atoms with Gasteiger partial charge in [-0.25, -0.2) is 0 Å².